The van der Waals surface area contributed by atoms with Crippen molar-refractivity contribution in [2.24, 2.45) is 7.05 Å². The molecule has 1 atom stereocenters. The third-order valence-corrected chi connectivity index (χ3v) is 3.11. The molecule has 0 aromatic carbocycles. The van der Waals surface area contributed by atoms with Crippen LogP contribution in [-0.4, -0.2) is 27.6 Å². The fourth-order valence-corrected chi connectivity index (χ4v) is 2.22. The molecule has 0 bridgehead atoms. The highest BCUT2D eigenvalue weighted by Gasteiger charge is 2.18. The summed E-state index contributed by atoms with van der Waals surface area (Å²) in [6.07, 6.45) is 3.56. The highest BCUT2D eigenvalue weighted by atomic mass is 79.9. The van der Waals surface area contributed by atoms with E-state index in [1.807, 2.05) is 11.7 Å². The summed E-state index contributed by atoms with van der Waals surface area (Å²) in [5.41, 5.74) is 1.18. The molecule has 1 aliphatic heterocycles. The maximum Gasteiger partial charge on any atom is 0.151 e. The highest BCUT2D eigenvalue weighted by molar-refractivity contribution is 9.10. The Labute approximate surface area is 85.8 Å². The van der Waals surface area contributed by atoms with Gasteiger partial charge < -0.3 is 5.32 Å². The van der Waals surface area contributed by atoms with Gasteiger partial charge in [-0.1, -0.05) is 5.21 Å². The number of aryl methyl sites for hydroxylation is 1. The smallest absolute Gasteiger partial charge is 0.151 e. The molecule has 4 nitrogen and oxygen atoms in total. The van der Waals surface area contributed by atoms with Gasteiger partial charge in [-0.2, -0.15) is 0 Å². The molecule has 1 unspecified atom stereocenters. The van der Waals surface area contributed by atoms with Gasteiger partial charge >= 0.3 is 0 Å². The molecule has 1 fully saturated rings. The molecule has 72 valence electrons. The molecular formula is C8H13BrN4. The first-order valence-corrected chi connectivity index (χ1v) is 5.34. The van der Waals surface area contributed by atoms with Crippen molar-refractivity contribution in [2.45, 2.75) is 25.3 Å². The summed E-state index contributed by atoms with van der Waals surface area (Å²) in [4.78, 5) is 0. The van der Waals surface area contributed by atoms with Gasteiger partial charge in [0, 0.05) is 19.5 Å². The number of nitrogens with zero attached hydrogens (tertiary/aromatic N) is 3. The minimum Gasteiger partial charge on any atom is -0.314 e. The SMILES string of the molecule is Cn1nnc(Br)c1CC1CCCN1. The van der Waals surface area contributed by atoms with Crippen LogP contribution in [0.4, 0.5) is 0 Å². The zero-order chi connectivity index (χ0) is 9.26. The van der Waals surface area contributed by atoms with Crippen molar-refractivity contribution < 1.29 is 0 Å². The van der Waals surface area contributed by atoms with Gasteiger partial charge in [-0.25, -0.2) is 0 Å². The van der Waals surface area contributed by atoms with Crippen LogP contribution in [0.2, 0.25) is 0 Å². The molecule has 1 aromatic heterocycles. The van der Waals surface area contributed by atoms with E-state index in [9.17, 15) is 0 Å². The summed E-state index contributed by atoms with van der Waals surface area (Å²) in [5.74, 6) is 0. The molecule has 0 radical (unpaired) electrons. The van der Waals surface area contributed by atoms with Crippen LogP contribution < -0.4 is 5.32 Å². The third-order valence-electron chi connectivity index (χ3n) is 2.50. The maximum atomic E-state index is 3.96. The van der Waals surface area contributed by atoms with Gasteiger partial charge in [0.15, 0.2) is 4.60 Å². The molecule has 1 saturated heterocycles. The van der Waals surface area contributed by atoms with Gasteiger partial charge in [-0.3, -0.25) is 4.68 Å². The number of nitrogens with one attached hydrogen (secondary N) is 1. The molecule has 1 aromatic rings. The van der Waals surface area contributed by atoms with Crippen molar-refractivity contribution in [3.05, 3.63) is 10.3 Å². The minimum atomic E-state index is 0.605. The van der Waals surface area contributed by atoms with Crippen LogP contribution in [0.1, 0.15) is 18.5 Å². The van der Waals surface area contributed by atoms with Crippen molar-refractivity contribution in [3.63, 3.8) is 0 Å². The normalized spacial score (nSPS) is 22.5. The Kier molecular flexibility index (Phi) is 2.64. The van der Waals surface area contributed by atoms with Crippen LogP contribution in [0.15, 0.2) is 4.60 Å². The summed E-state index contributed by atoms with van der Waals surface area (Å²) in [6.45, 7) is 1.15. The maximum absolute atomic E-state index is 3.96. The molecule has 2 rings (SSSR count). The quantitative estimate of drug-likeness (QED) is 0.840. The molecule has 2 heterocycles. The first-order valence-electron chi connectivity index (χ1n) is 4.55. The lowest BCUT2D eigenvalue weighted by Gasteiger charge is -2.09. The van der Waals surface area contributed by atoms with Crippen molar-refractivity contribution in [2.75, 3.05) is 6.54 Å². The van der Waals surface area contributed by atoms with Gasteiger partial charge in [0.1, 0.15) is 0 Å². The van der Waals surface area contributed by atoms with E-state index < -0.39 is 0 Å². The van der Waals surface area contributed by atoms with Crippen LogP contribution in [0.3, 0.4) is 0 Å². The molecule has 1 N–H and O–H groups in total. The summed E-state index contributed by atoms with van der Waals surface area (Å²) in [7, 11) is 1.93. The van der Waals surface area contributed by atoms with Crippen molar-refractivity contribution in [1.29, 1.82) is 0 Å². The molecular weight excluding hydrogens is 232 g/mol. The van der Waals surface area contributed by atoms with E-state index in [1.54, 1.807) is 0 Å². The lowest BCUT2D eigenvalue weighted by molar-refractivity contribution is 0.567. The number of rotatable bonds is 2. The predicted octanol–water partition coefficient (Wildman–Crippen LogP) is 0.872. The molecule has 5 heteroatoms. The lowest BCUT2D eigenvalue weighted by atomic mass is 10.1. The lowest BCUT2D eigenvalue weighted by Crippen LogP contribution is -2.24. The topological polar surface area (TPSA) is 42.7 Å². The molecule has 0 amide bonds. The number of hydrogen-bond acceptors (Lipinski definition) is 3. The van der Waals surface area contributed by atoms with Gasteiger partial charge in [0.25, 0.3) is 0 Å². The van der Waals surface area contributed by atoms with E-state index in [2.05, 4.69) is 31.6 Å². The average Bonchev–Trinajstić information content (AvgIpc) is 2.70. The van der Waals surface area contributed by atoms with Crippen LogP contribution in [-0.2, 0) is 13.5 Å². The molecule has 0 saturated carbocycles. The predicted molar refractivity (Wildman–Crippen MR) is 53.4 cm³/mol. The second-order valence-corrected chi connectivity index (χ2v) is 4.20. The van der Waals surface area contributed by atoms with E-state index in [1.165, 1.54) is 18.5 Å². The fraction of sp³-hybridized carbons (Fsp3) is 0.750. The van der Waals surface area contributed by atoms with E-state index >= 15 is 0 Å². The molecule has 0 spiro atoms. The summed E-state index contributed by atoms with van der Waals surface area (Å²) in [5, 5.41) is 11.4. The molecule has 0 aliphatic carbocycles. The van der Waals surface area contributed by atoms with Crippen molar-refractivity contribution in [3.8, 4) is 0 Å². The fourth-order valence-electron chi connectivity index (χ4n) is 1.73. The van der Waals surface area contributed by atoms with E-state index in [-0.39, 0.29) is 0 Å². The Morgan fingerprint density at radius 3 is 3.08 bits per heavy atom. The number of aromatic nitrogens is 3. The second kappa shape index (κ2) is 3.75. The van der Waals surface area contributed by atoms with Gasteiger partial charge in [-0.15, -0.1) is 5.10 Å². The Balaban J connectivity index is 2.07. The number of hydrogen-bond donors (Lipinski definition) is 1. The van der Waals surface area contributed by atoms with Crippen molar-refractivity contribution >= 4 is 15.9 Å². The number of halogens is 1. The monoisotopic (exact) mass is 244 g/mol. The minimum absolute atomic E-state index is 0.605. The zero-order valence-electron chi connectivity index (χ0n) is 7.63. The van der Waals surface area contributed by atoms with Gasteiger partial charge in [-0.05, 0) is 35.3 Å². The van der Waals surface area contributed by atoms with Crippen LogP contribution in [0.25, 0.3) is 0 Å². The summed E-state index contributed by atoms with van der Waals surface area (Å²) in [6, 6.07) is 0.605. The zero-order valence-corrected chi connectivity index (χ0v) is 9.21. The largest absolute Gasteiger partial charge is 0.314 e. The molecule has 1 aliphatic rings. The Bertz CT molecular complexity index is 271. The highest BCUT2D eigenvalue weighted by Crippen LogP contribution is 2.17. The van der Waals surface area contributed by atoms with Gasteiger partial charge in [0.05, 0.1) is 5.69 Å². The second-order valence-electron chi connectivity index (χ2n) is 3.45. The third kappa shape index (κ3) is 1.91. The first kappa shape index (κ1) is 9.15. The van der Waals surface area contributed by atoms with E-state index in [0.29, 0.717) is 6.04 Å². The Hall–Kier alpha value is -0.420. The van der Waals surface area contributed by atoms with Crippen LogP contribution in [0, 0.1) is 0 Å². The first-order chi connectivity index (χ1) is 6.27. The van der Waals surface area contributed by atoms with E-state index in [4.69, 9.17) is 0 Å². The average molecular weight is 245 g/mol. The van der Waals surface area contributed by atoms with Crippen LogP contribution >= 0.6 is 15.9 Å². The van der Waals surface area contributed by atoms with Gasteiger partial charge in [0.2, 0.25) is 0 Å². The molecule has 13 heavy (non-hydrogen) atoms. The van der Waals surface area contributed by atoms with E-state index in [0.717, 1.165) is 17.6 Å². The summed E-state index contributed by atoms with van der Waals surface area (Å²) < 4.78 is 2.72. The Morgan fingerprint density at radius 2 is 2.54 bits per heavy atom. The van der Waals surface area contributed by atoms with Crippen molar-refractivity contribution in [1.82, 2.24) is 20.3 Å². The Morgan fingerprint density at radius 1 is 1.69 bits per heavy atom. The van der Waals surface area contributed by atoms with Crippen LogP contribution in [0.5, 0.6) is 0 Å². The standard InChI is InChI=1S/C8H13BrN4/c1-13-7(8(9)11-12-13)5-6-3-2-4-10-6/h6,10H,2-5H2,1H3. The summed E-state index contributed by atoms with van der Waals surface area (Å²) >= 11 is 3.40.